The maximum Gasteiger partial charge on any atom is 0.135 e. The summed E-state index contributed by atoms with van der Waals surface area (Å²) >= 11 is 5.89. The van der Waals surface area contributed by atoms with Crippen LogP contribution in [0.4, 0.5) is 8.78 Å². The molecule has 2 aromatic rings. The van der Waals surface area contributed by atoms with E-state index in [1.54, 1.807) is 19.1 Å². The predicted molar refractivity (Wildman–Crippen MR) is 73.2 cm³/mol. The SMILES string of the molecule is COc1cc(F)c(C(O)c2ccc(Cl)c(C)c2)c(F)c1. The molecule has 0 amide bonds. The first-order chi connectivity index (χ1) is 9.43. The summed E-state index contributed by atoms with van der Waals surface area (Å²) in [6.45, 7) is 1.75. The Morgan fingerprint density at radius 3 is 2.25 bits per heavy atom. The molecule has 0 saturated carbocycles. The zero-order valence-electron chi connectivity index (χ0n) is 11.0. The lowest BCUT2D eigenvalue weighted by molar-refractivity contribution is 0.208. The van der Waals surface area contributed by atoms with Crippen LogP contribution in [0.5, 0.6) is 5.75 Å². The highest BCUT2D eigenvalue weighted by atomic mass is 35.5. The van der Waals surface area contributed by atoms with E-state index in [0.29, 0.717) is 10.6 Å². The Hall–Kier alpha value is -1.65. The van der Waals surface area contributed by atoms with E-state index in [9.17, 15) is 13.9 Å². The van der Waals surface area contributed by atoms with E-state index in [1.165, 1.54) is 13.2 Å². The Morgan fingerprint density at radius 2 is 1.75 bits per heavy atom. The van der Waals surface area contributed by atoms with Crippen LogP contribution in [0.1, 0.15) is 22.8 Å². The lowest BCUT2D eigenvalue weighted by Gasteiger charge is -2.15. The Labute approximate surface area is 120 Å². The molecule has 0 aliphatic carbocycles. The molecule has 0 saturated heterocycles. The summed E-state index contributed by atoms with van der Waals surface area (Å²) in [5, 5.41) is 10.7. The molecule has 0 radical (unpaired) electrons. The minimum absolute atomic E-state index is 0.0586. The molecule has 5 heteroatoms. The van der Waals surface area contributed by atoms with Gasteiger partial charge in [-0.05, 0) is 24.1 Å². The number of aliphatic hydroxyl groups is 1. The molecule has 20 heavy (non-hydrogen) atoms. The summed E-state index contributed by atoms with van der Waals surface area (Å²) in [4.78, 5) is 0. The van der Waals surface area contributed by atoms with Crippen LogP contribution < -0.4 is 4.74 Å². The molecule has 106 valence electrons. The van der Waals surface area contributed by atoms with Crippen molar-refractivity contribution in [2.75, 3.05) is 7.11 Å². The molecule has 0 bridgehead atoms. The third kappa shape index (κ3) is 2.76. The largest absolute Gasteiger partial charge is 0.497 e. The Balaban J connectivity index is 2.47. The van der Waals surface area contributed by atoms with Crippen LogP contribution in [0.3, 0.4) is 0 Å². The fraction of sp³-hybridized carbons (Fsp3) is 0.200. The van der Waals surface area contributed by atoms with Crippen LogP contribution in [-0.4, -0.2) is 12.2 Å². The molecule has 2 nitrogen and oxygen atoms in total. The monoisotopic (exact) mass is 298 g/mol. The summed E-state index contributed by atoms with van der Waals surface area (Å²) in [5.41, 5.74) is 0.680. The Kier molecular flexibility index (Phi) is 4.26. The summed E-state index contributed by atoms with van der Waals surface area (Å²) in [6, 6.07) is 6.77. The van der Waals surface area contributed by atoms with Gasteiger partial charge in [-0.15, -0.1) is 0 Å². The van der Waals surface area contributed by atoms with Crippen molar-refractivity contribution >= 4 is 11.6 Å². The van der Waals surface area contributed by atoms with Gasteiger partial charge in [0.05, 0.1) is 12.7 Å². The quantitative estimate of drug-likeness (QED) is 0.927. The van der Waals surface area contributed by atoms with Crippen molar-refractivity contribution in [1.29, 1.82) is 0 Å². The average molecular weight is 299 g/mol. The molecule has 1 unspecified atom stereocenters. The van der Waals surface area contributed by atoms with Crippen LogP contribution in [0, 0.1) is 18.6 Å². The zero-order valence-corrected chi connectivity index (χ0v) is 11.7. The lowest BCUT2D eigenvalue weighted by atomic mass is 9.99. The van der Waals surface area contributed by atoms with Crippen molar-refractivity contribution in [2.45, 2.75) is 13.0 Å². The molecule has 0 aliphatic rings. The highest BCUT2D eigenvalue weighted by molar-refractivity contribution is 6.31. The van der Waals surface area contributed by atoms with Gasteiger partial charge in [0.1, 0.15) is 23.5 Å². The number of aliphatic hydroxyl groups excluding tert-OH is 1. The van der Waals surface area contributed by atoms with Crippen LogP contribution in [0.25, 0.3) is 0 Å². The van der Waals surface area contributed by atoms with Crippen molar-refractivity contribution in [1.82, 2.24) is 0 Å². The van der Waals surface area contributed by atoms with Crippen molar-refractivity contribution in [2.24, 2.45) is 0 Å². The summed E-state index contributed by atoms with van der Waals surface area (Å²) in [5.74, 6) is -1.66. The van der Waals surface area contributed by atoms with E-state index in [1.807, 2.05) is 0 Å². The van der Waals surface area contributed by atoms with E-state index in [2.05, 4.69) is 0 Å². The smallest absolute Gasteiger partial charge is 0.135 e. The minimum Gasteiger partial charge on any atom is -0.497 e. The second-order valence-corrected chi connectivity index (χ2v) is 4.82. The first kappa shape index (κ1) is 14.8. The van der Waals surface area contributed by atoms with Crippen LogP contribution in [0.15, 0.2) is 30.3 Å². The van der Waals surface area contributed by atoms with Gasteiger partial charge in [-0.3, -0.25) is 0 Å². The first-order valence-corrected chi connectivity index (χ1v) is 6.29. The van der Waals surface area contributed by atoms with Crippen molar-refractivity contribution in [3.63, 3.8) is 0 Å². The van der Waals surface area contributed by atoms with E-state index in [-0.39, 0.29) is 5.75 Å². The highest BCUT2D eigenvalue weighted by Gasteiger charge is 2.21. The number of rotatable bonds is 3. The van der Waals surface area contributed by atoms with Gasteiger partial charge in [-0.2, -0.15) is 0 Å². The van der Waals surface area contributed by atoms with Crippen LogP contribution >= 0.6 is 11.6 Å². The second kappa shape index (κ2) is 5.77. The normalized spacial score (nSPS) is 12.3. The maximum absolute atomic E-state index is 13.9. The molecule has 0 aliphatic heterocycles. The number of benzene rings is 2. The molecule has 1 atom stereocenters. The fourth-order valence-corrected chi connectivity index (χ4v) is 2.06. The first-order valence-electron chi connectivity index (χ1n) is 5.91. The van der Waals surface area contributed by atoms with Gasteiger partial charge in [0.25, 0.3) is 0 Å². The summed E-state index contributed by atoms with van der Waals surface area (Å²) in [7, 11) is 1.31. The van der Waals surface area contributed by atoms with Gasteiger partial charge in [-0.25, -0.2) is 8.78 Å². The summed E-state index contributed by atoms with van der Waals surface area (Å²) < 4.78 is 32.6. The van der Waals surface area contributed by atoms with E-state index >= 15 is 0 Å². The Bertz CT molecular complexity index is 621. The number of ether oxygens (including phenoxy) is 1. The summed E-state index contributed by atoms with van der Waals surface area (Å²) in [6.07, 6.45) is -1.41. The molecule has 0 heterocycles. The van der Waals surface area contributed by atoms with Crippen molar-refractivity contribution in [3.05, 3.63) is 63.7 Å². The van der Waals surface area contributed by atoms with Crippen molar-refractivity contribution in [3.8, 4) is 5.75 Å². The molecular weight excluding hydrogens is 286 g/mol. The molecule has 0 aromatic heterocycles. The fourth-order valence-electron chi connectivity index (χ4n) is 1.94. The molecule has 2 rings (SSSR count). The van der Waals surface area contributed by atoms with Crippen LogP contribution in [0.2, 0.25) is 5.02 Å². The lowest BCUT2D eigenvalue weighted by Crippen LogP contribution is -2.06. The number of methoxy groups -OCH3 is 1. The second-order valence-electron chi connectivity index (χ2n) is 4.42. The zero-order chi connectivity index (χ0) is 14.9. The maximum atomic E-state index is 13.9. The number of halogens is 3. The van der Waals surface area contributed by atoms with E-state index < -0.39 is 23.3 Å². The average Bonchev–Trinajstić information content (AvgIpc) is 2.40. The standard InChI is InChI=1S/C15H13ClF2O2/c1-8-5-9(3-4-11(8)16)15(19)14-12(17)6-10(20-2)7-13(14)18/h3-7,15,19H,1-2H3. The molecular formula is C15H13ClF2O2. The topological polar surface area (TPSA) is 29.5 Å². The number of hydrogen-bond donors (Lipinski definition) is 1. The van der Waals surface area contributed by atoms with Gasteiger partial charge < -0.3 is 9.84 Å². The third-order valence-electron chi connectivity index (χ3n) is 3.06. The number of hydrogen-bond acceptors (Lipinski definition) is 2. The van der Waals surface area contributed by atoms with Gasteiger partial charge in [0, 0.05) is 17.2 Å². The predicted octanol–water partition coefficient (Wildman–Crippen LogP) is 4.02. The molecule has 0 spiro atoms. The van der Waals surface area contributed by atoms with Gasteiger partial charge in [0.2, 0.25) is 0 Å². The third-order valence-corrected chi connectivity index (χ3v) is 3.48. The molecule has 1 N–H and O–H groups in total. The Morgan fingerprint density at radius 1 is 1.15 bits per heavy atom. The van der Waals surface area contributed by atoms with E-state index in [4.69, 9.17) is 16.3 Å². The highest BCUT2D eigenvalue weighted by Crippen LogP contribution is 2.31. The van der Waals surface area contributed by atoms with Crippen molar-refractivity contribution < 1.29 is 18.6 Å². The molecule has 0 fully saturated rings. The van der Waals surface area contributed by atoms with Gasteiger partial charge in [-0.1, -0.05) is 23.7 Å². The molecule has 2 aromatic carbocycles. The van der Waals surface area contributed by atoms with Gasteiger partial charge in [0.15, 0.2) is 0 Å². The van der Waals surface area contributed by atoms with Crippen LogP contribution in [-0.2, 0) is 0 Å². The van der Waals surface area contributed by atoms with E-state index in [0.717, 1.165) is 17.7 Å². The number of aryl methyl sites for hydroxylation is 1. The minimum atomic E-state index is -1.41. The van der Waals surface area contributed by atoms with Gasteiger partial charge >= 0.3 is 0 Å².